The van der Waals surface area contributed by atoms with Crippen molar-refractivity contribution in [2.75, 3.05) is 5.73 Å². The van der Waals surface area contributed by atoms with Gasteiger partial charge in [-0.2, -0.15) is 0 Å². The summed E-state index contributed by atoms with van der Waals surface area (Å²) in [6.07, 6.45) is 0. The standard InChI is InChI=1S/C19H19N5O5S2.Na/c1-19(2)13(17(27)28)24-15(26)12(16(24)31-19)22-14(25)11(10-8-30-18(20)21-10)23-29-9-6-4-3-5-7-9;/h3-8,12-13,16H,1-2H3,(H2,20,21)(H,22,25)(H,27,28);/q;+1/p-1/b23-11-;/t12-,13-,16+;/m0./s1. The smallest absolute Gasteiger partial charge is 0.548 e. The molecule has 2 amide bonds. The summed E-state index contributed by atoms with van der Waals surface area (Å²) in [7, 11) is 0. The third kappa shape index (κ3) is 4.50. The molecule has 2 aliphatic heterocycles. The molecule has 0 saturated carbocycles. The van der Waals surface area contributed by atoms with Crippen molar-refractivity contribution in [2.24, 2.45) is 5.16 Å². The average molecular weight is 484 g/mol. The zero-order valence-corrected chi connectivity index (χ0v) is 21.1. The van der Waals surface area contributed by atoms with Gasteiger partial charge in [0.1, 0.15) is 17.1 Å². The number of thiazole rings is 1. The van der Waals surface area contributed by atoms with Crippen molar-refractivity contribution in [1.29, 1.82) is 0 Å². The number of rotatable bonds is 6. The fourth-order valence-corrected chi connectivity index (χ4v) is 5.69. The quantitative estimate of drug-likeness (QED) is 0.189. The summed E-state index contributed by atoms with van der Waals surface area (Å²) in [4.78, 5) is 47.8. The molecular formula is C19H18N5NaO5S2. The molecule has 2 fully saturated rings. The molecule has 0 radical (unpaired) electrons. The van der Waals surface area contributed by atoms with Crippen molar-refractivity contribution in [3.63, 3.8) is 0 Å². The number of β-lactam (4-membered cyclic amide) rings is 1. The van der Waals surface area contributed by atoms with Gasteiger partial charge in [-0.05, 0) is 26.0 Å². The molecule has 1 aromatic heterocycles. The van der Waals surface area contributed by atoms with Gasteiger partial charge < -0.3 is 30.7 Å². The van der Waals surface area contributed by atoms with E-state index in [1.54, 1.807) is 49.6 Å². The van der Waals surface area contributed by atoms with Crippen LogP contribution in [-0.2, 0) is 14.4 Å². The maximum Gasteiger partial charge on any atom is 1.00 e. The number of nitrogens with one attached hydrogen (secondary N) is 1. The fourth-order valence-electron chi connectivity index (χ4n) is 3.52. The number of nitrogens with zero attached hydrogens (tertiary/aromatic N) is 3. The molecule has 3 N–H and O–H groups in total. The van der Waals surface area contributed by atoms with E-state index in [9.17, 15) is 19.5 Å². The molecule has 32 heavy (non-hydrogen) atoms. The second-order valence-electron chi connectivity index (χ2n) is 7.45. The van der Waals surface area contributed by atoms with Crippen molar-refractivity contribution in [1.82, 2.24) is 15.2 Å². The molecule has 4 rings (SSSR count). The molecule has 2 aliphatic rings. The molecule has 1 aromatic carbocycles. The van der Waals surface area contributed by atoms with Crippen molar-refractivity contribution < 1.29 is 53.9 Å². The number of carbonyl (C=O) groups is 3. The third-order valence-corrected chi connectivity index (χ3v) is 7.16. The van der Waals surface area contributed by atoms with Gasteiger partial charge in [0.25, 0.3) is 5.91 Å². The number of oxime groups is 1. The first-order chi connectivity index (χ1) is 14.7. The van der Waals surface area contributed by atoms with Crippen molar-refractivity contribution in [3.05, 3.63) is 41.4 Å². The molecular weight excluding hydrogens is 465 g/mol. The van der Waals surface area contributed by atoms with Crippen LogP contribution < -0.4 is 50.6 Å². The van der Waals surface area contributed by atoms with Gasteiger partial charge in [0, 0.05) is 10.1 Å². The fraction of sp³-hybridized carbons (Fsp3) is 0.316. The molecule has 13 heteroatoms. The number of carboxylic acids is 1. The second kappa shape index (κ2) is 9.40. The Kier molecular flexibility index (Phi) is 7.20. The monoisotopic (exact) mass is 483 g/mol. The molecule has 3 atom stereocenters. The number of para-hydroxylation sites is 1. The molecule has 2 aromatic rings. The van der Waals surface area contributed by atoms with Crippen LogP contribution in [0.5, 0.6) is 5.75 Å². The van der Waals surface area contributed by atoms with Gasteiger partial charge >= 0.3 is 29.6 Å². The number of hydrogen-bond acceptors (Lipinski definition) is 10. The van der Waals surface area contributed by atoms with Gasteiger partial charge in [-0.3, -0.25) is 9.59 Å². The van der Waals surface area contributed by atoms with E-state index in [1.807, 2.05) is 0 Å². The molecule has 10 nitrogen and oxygen atoms in total. The minimum atomic E-state index is -1.32. The number of anilines is 1. The Morgan fingerprint density at radius 3 is 2.59 bits per heavy atom. The van der Waals surface area contributed by atoms with Crippen LogP contribution in [0.1, 0.15) is 19.5 Å². The SMILES string of the molecule is CC1(C)S[C@@H]2[C@@H](NC(=O)/C(=N\Oc3ccccc3)c3csc(N)n3)C(=O)N2[C@H]1C(=O)[O-].[Na+]. The van der Waals surface area contributed by atoms with Crippen LogP contribution >= 0.6 is 23.1 Å². The van der Waals surface area contributed by atoms with Crippen molar-refractivity contribution in [2.45, 2.75) is 36.1 Å². The Bertz CT molecular complexity index is 1080. The first-order valence-electron chi connectivity index (χ1n) is 9.22. The summed E-state index contributed by atoms with van der Waals surface area (Å²) in [6, 6.07) is 6.66. The number of hydrogen-bond donors (Lipinski definition) is 2. The number of benzene rings is 1. The van der Waals surface area contributed by atoms with E-state index in [1.165, 1.54) is 16.7 Å². The topological polar surface area (TPSA) is 150 Å². The van der Waals surface area contributed by atoms with Gasteiger partial charge in [0.2, 0.25) is 5.91 Å². The number of nitrogens with two attached hydrogens (primary N) is 1. The van der Waals surface area contributed by atoms with Crippen molar-refractivity contribution in [3.8, 4) is 5.75 Å². The van der Waals surface area contributed by atoms with Gasteiger partial charge in [0.15, 0.2) is 16.6 Å². The van der Waals surface area contributed by atoms with E-state index in [0.717, 1.165) is 11.3 Å². The number of aliphatic carboxylic acids is 1. The van der Waals surface area contributed by atoms with Crippen LogP contribution in [0.4, 0.5) is 5.13 Å². The van der Waals surface area contributed by atoms with Crippen LogP contribution in [0.25, 0.3) is 0 Å². The molecule has 2 saturated heterocycles. The number of fused-ring (bicyclic) bond motifs is 1. The minimum absolute atomic E-state index is 0. The first-order valence-corrected chi connectivity index (χ1v) is 11.0. The number of thioether (sulfide) groups is 1. The number of carboxylic acid groups (broad SMARTS) is 1. The molecule has 0 unspecified atom stereocenters. The summed E-state index contributed by atoms with van der Waals surface area (Å²) in [5.74, 6) is -2.09. The van der Waals surface area contributed by atoms with Crippen LogP contribution in [0.15, 0.2) is 40.9 Å². The van der Waals surface area contributed by atoms with Crippen LogP contribution in [0.2, 0.25) is 0 Å². The van der Waals surface area contributed by atoms with Crippen LogP contribution in [0, 0.1) is 0 Å². The summed E-state index contributed by atoms with van der Waals surface area (Å²) in [6.45, 7) is 3.45. The number of carbonyl (C=O) groups excluding carboxylic acids is 3. The summed E-state index contributed by atoms with van der Waals surface area (Å²) < 4.78 is -0.755. The van der Waals surface area contributed by atoms with Gasteiger partial charge in [0.05, 0.1) is 12.0 Å². The Balaban J connectivity index is 0.00000289. The van der Waals surface area contributed by atoms with E-state index in [-0.39, 0.29) is 46.1 Å². The van der Waals surface area contributed by atoms with Crippen LogP contribution in [0.3, 0.4) is 0 Å². The third-order valence-electron chi connectivity index (χ3n) is 4.92. The van der Waals surface area contributed by atoms with E-state index >= 15 is 0 Å². The predicted octanol–water partition coefficient (Wildman–Crippen LogP) is -3.19. The number of amides is 2. The summed E-state index contributed by atoms with van der Waals surface area (Å²) >= 11 is 2.42. The Labute approximate surface area is 213 Å². The van der Waals surface area contributed by atoms with E-state index in [4.69, 9.17) is 10.6 Å². The number of nitrogen functional groups attached to an aromatic ring is 1. The molecule has 0 spiro atoms. The Morgan fingerprint density at radius 2 is 2.00 bits per heavy atom. The first kappa shape index (κ1) is 24.5. The van der Waals surface area contributed by atoms with Gasteiger partial charge in [-0.25, -0.2) is 4.98 Å². The normalized spacial score (nSPS) is 23.6. The molecule has 3 heterocycles. The molecule has 0 bridgehead atoms. The maximum atomic E-state index is 13.0. The number of aromatic nitrogens is 1. The molecule has 162 valence electrons. The van der Waals surface area contributed by atoms with E-state index < -0.39 is 40.0 Å². The second-order valence-corrected chi connectivity index (χ2v) is 10.1. The summed E-state index contributed by atoms with van der Waals surface area (Å²) in [5.41, 5.74) is 5.73. The zero-order valence-electron chi connectivity index (χ0n) is 17.5. The minimum Gasteiger partial charge on any atom is -0.548 e. The van der Waals surface area contributed by atoms with Gasteiger partial charge in [-0.15, -0.1) is 23.1 Å². The Hall–Kier alpha value is -2.12. The largest absolute Gasteiger partial charge is 1.00 e. The summed E-state index contributed by atoms with van der Waals surface area (Å²) in [5, 5.41) is 19.4. The average Bonchev–Trinajstić information content (AvgIpc) is 3.25. The van der Waals surface area contributed by atoms with E-state index in [2.05, 4.69) is 15.5 Å². The predicted molar refractivity (Wildman–Crippen MR) is 113 cm³/mol. The van der Waals surface area contributed by atoms with Crippen LogP contribution in [-0.4, -0.2) is 55.6 Å². The maximum absolute atomic E-state index is 13.0. The zero-order chi connectivity index (χ0) is 22.3. The van der Waals surface area contributed by atoms with Crippen molar-refractivity contribution >= 4 is 51.7 Å². The van der Waals surface area contributed by atoms with Gasteiger partial charge in [-0.1, -0.05) is 23.4 Å². The molecule has 0 aliphatic carbocycles. The Morgan fingerprint density at radius 1 is 1.31 bits per heavy atom. The van der Waals surface area contributed by atoms with E-state index in [0.29, 0.717) is 5.75 Å².